The van der Waals surface area contributed by atoms with Crippen LogP contribution in [0.1, 0.15) is 106 Å². The summed E-state index contributed by atoms with van der Waals surface area (Å²) in [5.74, 6) is -1.84. The zero-order chi connectivity index (χ0) is 29.5. The number of carboxylic acid groups (broad SMARTS) is 1. The molecule has 7 nitrogen and oxygen atoms in total. The molecule has 0 aromatic rings. The normalized spacial score (nSPS) is 38.3. The Morgan fingerprint density at radius 1 is 1.08 bits per heavy atom. The number of ketones is 2. The highest BCUT2D eigenvalue weighted by atomic mass is 16.5. The highest BCUT2D eigenvalue weighted by Crippen LogP contribution is 2.61. The van der Waals surface area contributed by atoms with E-state index in [1.165, 1.54) is 12.5 Å². The van der Waals surface area contributed by atoms with Crippen molar-refractivity contribution in [1.29, 1.82) is 0 Å². The highest BCUT2D eigenvalue weighted by molar-refractivity contribution is 5.89. The number of carbonyl (C=O) groups is 4. The van der Waals surface area contributed by atoms with Gasteiger partial charge in [0.25, 0.3) is 0 Å². The third-order valence-electron chi connectivity index (χ3n) is 11.4. The number of Topliss-reactive ketones (excluding diaryl/α,β-unsaturated/α-hetero) is 2. The second-order valence-corrected chi connectivity index (χ2v) is 13.8. The van der Waals surface area contributed by atoms with Crippen LogP contribution in [0, 0.1) is 45.8 Å². The molecule has 7 heteroatoms. The number of rotatable bonds is 10. The molecule has 0 amide bonds. The first-order valence-corrected chi connectivity index (χ1v) is 14.8. The van der Waals surface area contributed by atoms with Gasteiger partial charge in [0.15, 0.2) is 0 Å². The number of ether oxygens (including phenoxy) is 1. The number of fused-ring (bicyclic) bond motifs is 1. The van der Waals surface area contributed by atoms with Gasteiger partial charge < -0.3 is 14.9 Å². The highest BCUT2D eigenvalue weighted by Gasteiger charge is 2.64. The summed E-state index contributed by atoms with van der Waals surface area (Å²) in [4.78, 5) is 52.0. The van der Waals surface area contributed by atoms with Crippen molar-refractivity contribution in [2.24, 2.45) is 45.8 Å². The van der Waals surface area contributed by atoms with E-state index in [1.807, 2.05) is 13.8 Å². The topological polar surface area (TPSA) is 118 Å². The smallest absolute Gasteiger partial charge is 0.312 e. The molecular formula is C32H50O7. The summed E-state index contributed by atoms with van der Waals surface area (Å²) in [6.07, 6.45) is 2.71. The minimum atomic E-state index is -1.37. The molecule has 0 radical (unpaired) electrons. The van der Waals surface area contributed by atoms with Crippen molar-refractivity contribution in [3.05, 3.63) is 12.2 Å². The number of hydrogen-bond donors (Lipinski definition) is 2. The lowest BCUT2D eigenvalue weighted by Crippen LogP contribution is -2.61. The maximum absolute atomic E-state index is 13.6. The molecule has 3 aliphatic rings. The van der Waals surface area contributed by atoms with Crippen LogP contribution in [-0.4, -0.2) is 45.9 Å². The maximum atomic E-state index is 13.6. The van der Waals surface area contributed by atoms with Crippen LogP contribution < -0.4 is 0 Å². The summed E-state index contributed by atoms with van der Waals surface area (Å²) in [7, 11) is 0. The van der Waals surface area contributed by atoms with Gasteiger partial charge in [0.2, 0.25) is 0 Å². The molecule has 9 atom stereocenters. The minimum absolute atomic E-state index is 0.00549. The lowest BCUT2D eigenvalue weighted by atomic mass is 9.46. The van der Waals surface area contributed by atoms with Gasteiger partial charge in [0.1, 0.15) is 17.7 Å². The van der Waals surface area contributed by atoms with Crippen molar-refractivity contribution in [1.82, 2.24) is 0 Å². The fourth-order valence-corrected chi connectivity index (χ4v) is 8.50. The first kappa shape index (κ1) is 31.5. The van der Waals surface area contributed by atoms with Gasteiger partial charge in [-0.05, 0) is 87.9 Å². The Morgan fingerprint density at radius 2 is 1.72 bits per heavy atom. The largest absolute Gasteiger partial charge is 0.481 e. The van der Waals surface area contributed by atoms with Gasteiger partial charge in [0.05, 0.1) is 16.9 Å². The van der Waals surface area contributed by atoms with Crippen LogP contribution in [0.3, 0.4) is 0 Å². The van der Waals surface area contributed by atoms with E-state index in [9.17, 15) is 29.4 Å². The molecule has 0 spiro atoms. The van der Waals surface area contributed by atoms with Gasteiger partial charge in [-0.15, -0.1) is 0 Å². The van der Waals surface area contributed by atoms with Crippen molar-refractivity contribution in [2.75, 3.05) is 0 Å². The fraction of sp³-hybridized carbons (Fsp3) is 0.812. The Kier molecular flexibility index (Phi) is 9.26. The summed E-state index contributed by atoms with van der Waals surface area (Å²) in [6.45, 7) is 17.4. The molecule has 220 valence electrons. The molecule has 3 saturated carbocycles. The van der Waals surface area contributed by atoms with Crippen molar-refractivity contribution in [3.8, 4) is 0 Å². The van der Waals surface area contributed by atoms with Gasteiger partial charge in [0, 0.05) is 25.7 Å². The molecule has 0 heterocycles. The Balaban J connectivity index is 1.97. The predicted molar refractivity (Wildman–Crippen MR) is 149 cm³/mol. The quantitative estimate of drug-likeness (QED) is 0.264. The number of aliphatic carboxylic acids is 1. The zero-order valence-corrected chi connectivity index (χ0v) is 25.0. The van der Waals surface area contributed by atoms with E-state index in [4.69, 9.17) is 4.74 Å². The van der Waals surface area contributed by atoms with Crippen LogP contribution >= 0.6 is 0 Å². The molecule has 39 heavy (non-hydrogen) atoms. The molecule has 0 aromatic heterocycles. The average Bonchev–Trinajstić information content (AvgIpc) is 3.16. The molecule has 0 aliphatic heterocycles. The lowest BCUT2D eigenvalue weighted by molar-refractivity contribution is -0.192. The molecule has 3 fully saturated rings. The summed E-state index contributed by atoms with van der Waals surface area (Å²) < 4.78 is 5.95. The fourth-order valence-electron chi connectivity index (χ4n) is 8.50. The number of aliphatic hydroxyl groups is 1. The van der Waals surface area contributed by atoms with Gasteiger partial charge in [-0.25, -0.2) is 0 Å². The average molecular weight is 547 g/mol. The zero-order valence-electron chi connectivity index (χ0n) is 25.0. The van der Waals surface area contributed by atoms with E-state index in [-0.39, 0.29) is 42.7 Å². The minimum Gasteiger partial charge on any atom is -0.481 e. The molecule has 3 aliphatic carbocycles. The van der Waals surface area contributed by atoms with E-state index in [0.717, 1.165) is 12.8 Å². The standard InChI is InChI=1S/C32H50O7/c1-18(2)19(3)9-10-20(4)22-11-14-26(35)31(22,7)28(39-21(5)33)17-23-24(34)12-13-25-30(23,6)16-15-27(36)32(25,8)29(37)38/h18,20,22-23,25,27-28,36H,3,9-17H2,1-2,4-8H3,(H,37,38)/t20-,22-,23-,25-,27+,28-,30-,31-,32+/m1/s1. The number of hydrogen-bond acceptors (Lipinski definition) is 6. The molecule has 0 bridgehead atoms. The summed E-state index contributed by atoms with van der Waals surface area (Å²) in [5, 5.41) is 21.0. The third-order valence-corrected chi connectivity index (χ3v) is 11.4. The van der Waals surface area contributed by atoms with Gasteiger partial charge >= 0.3 is 11.9 Å². The van der Waals surface area contributed by atoms with Crippen LogP contribution in [0.2, 0.25) is 0 Å². The van der Waals surface area contributed by atoms with Crippen LogP contribution in [0.15, 0.2) is 12.2 Å². The molecular weight excluding hydrogens is 496 g/mol. The first-order chi connectivity index (χ1) is 18.0. The van der Waals surface area contributed by atoms with Crippen LogP contribution in [0.25, 0.3) is 0 Å². The first-order valence-electron chi connectivity index (χ1n) is 14.8. The predicted octanol–water partition coefficient (Wildman–Crippen LogP) is 5.77. The molecule has 0 unspecified atom stereocenters. The van der Waals surface area contributed by atoms with Gasteiger partial charge in [-0.2, -0.15) is 0 Å². The summed E-state index contributed by atoms with van der Waals surface area (Å²) >= 11 is 0. The van der Waals surface area contributed by atoms with Gasteiger partial charge in [-0.3, -0.25) is 19.2 Å². The van der Waals surface area contributed by atoms with Crippen LogP contribution in [0.4, 0.5) is 0 Å². The van der Waals surface area contributed by atoms with Crippen molar-refractivity contribution < 1.29 is 34.1 Å². The van der Waals surface area contributed by atoms with E-state index >= 15 is 0 Å². The maximum Gasteiger partial charge on any atom is 0.312 e. The molecule has 2 N–H and O–H groups in total. The summed E-state index contributed by atoms with van der Waals surface area (Å²) in [5.41, 5.74) is -1.81. The van der Waals surface area contributed by atoms with E-state index in [2.05, 4.69) is 27.4 Å². The molecule has 0 aromatic carbocycles. The van der Waals surface area contributed by atoms with Crippen LogP contribution in [-0.2, 0) is 23.9 Å². The van der Waals surface area contributed by atoms with E-state index in [0.29, 0.717) is 31.6 Å². The Morgan fingerprint density at radius 3 is 2.28 bits per heavy atom. The van der Waals surface area contributed by atoms with Gasteiger partial charge in [-0.1, -0.05) is 39.8 Å². The second-order valence-electron chi connectivity index (χ2n) is 13.8. The third kappa shape index (κ3) is 5.49. The lowest BCUT2D eigenvalue weighted by Gasteiger charge is -2.58. The number of carbonyl (C=O) groups excluding carboxylic acids is 3. The number of allylic oxidation sites excluding steroid dienone is 1. The summed E-state index contributed by atoms with van der Waals surface area (Å²) in [6, 6.07) is 0. The molecule has 0 saturated heterocycles. The van der Waals surface area contributed by atoms with Crippen LogP contribution in [0.5, 0.6) is 0 Å². The number of carboxylic acids is 1. The molecule has 3 rings (SSSR count). The van der Waals surface area contributed by atoms with Crippen molar-refractivity contribution in [3.63, 3.8) is 0 Å². The Hall–Kier alpha value is -2.02. The van der Waals surface area contributed by atoms with E-state index < -0.39 is 52.2 Å². The van der Waals surface area contributed by atoms with E-state index in [1.54, 1.807) is 6.92 Å². The second kappa shape index (κ2) is 11.5. The monoisotopic (exact) mass is 546 g/mol. The number of esters is 1. The van der Waals surface area contributed by atoms with Crippen molar-refractivity contribution >= 4 is 23.5 Å². The Labute approximate surface area is 234 Å². The van der Waals surface area contributed by atoms with Crippen molar-refractivity contribution in [2.45, 2.75) is 118 Å². The SMILES string of the molecule is C=C(CC[C@@H](C)[C@H]1CCC(=O)[C@]1(C)[C@@H](C[C@@H]1C(=O)CC[C@@H]2[C@]1(C)CC[C@H](O)[C@@]2(C)C(=O)O)OC(C)=O)C(C)C. The Bertz CT molecular complexity index is 1000. The number of aliphatic hydroxyl groups excluding tert-OH is 1.